The van der Waals surface area contributed by atoms with Crippen LogP contribution in [0.15, 0.2) is 30.3 Å². The van der Waals surface area contributed by atoms with Gasteiger partial charge in [-0.1, -0.05) is 43.7 Å². The van der Waals surface area contributed by atoms with E-state index >= 15 is 0 Å². The molecule has 0 N–H and O–H groups in total. The van der Waals surface area contributed by atoms with Crippen LogP contribution >= 0.6 is 0 Å². The van der Waals surface area contributed by atoms with Crippen LogP contribution in [0.3, 0.4) is 0 Å². The fourth-order valence-corrected chi connectivity index (χ4v) is 5.11. The van der Waals surface area contributed by atoms with E-state index in [1.807, 2.05) is 25.1 Å². The van der Waals surface area contributed by atoms with Crippen LogP contribution in [-0.2, 0) is 10.0 Å². The van der Waals surface area contributed by atoms with Gasteiger partial charge >= 0.3 is 0 Å². The molecule has 0 bridgehead atoms. The van der Waals surface area contributed by atoms with E-state index in [2.05, 4.69) is 17.0 Å². The molecule has 4 nitrogen and oxygen atoms in total. The first-order valence-electron chi connectivity index (χ1n) is 8.40. The predicted molar refractivity (Wildman–Crippen MR) is 89.2 cm³/mol. The highest BCUT2D eigenvalue weighted by Crippen LogP contribution is 2.34. The van der Waals surface area contributed by atoms with Crippen molar-refractivity contribution in [3.05, 3.63) is 35.9 Å². The zero-order valence-corrected chi connectivity index (χ0v) is 14.1. The number of hydrogen-bond donors (Lipinski definition) is 0. The molecule has 0 aromatic heterocycles. The molecule has 122 valence electrons. The van der Waals surface area contributed by atoms with E-state index in [0.29, 0.717) is 12.6 Å². The Morgan fingerprint density at radius 1 is 1.14 bits per heavy atom. The van der Waals surface area contributed by atoms with E-state index in [0.717, 1.165) is 31.5 Å². The molecule has 0 amide bonds. The van der Waals surface area contributed by atoms with Crippen LogP contribution in [0.5, 0.6) is 0 Å². The van der Waals surface area contributed by atoms with Crippen molar-refractivity contribution in [1.29, 1.82) is 0 Å². The highest BCUT2D eigenvalue weighted by molar-refractivity contribution is 7.89. The molecular formula is C17H26N2O2S. The van der Waals surface area contributed by atoms with E-state index in [4.69, 9.17) is 0 Å². The van der Waals surface area contributed by atoms with Gasteiger partial charge in [-0.05, 0) is 24.8 Å². The minimum absolute atomic E-state index is 0.0302. The summed E-state index contributed by atoms with van der Waals surface area (Å²) in [4.78, 5) is 2.48. The fraction of sp³-hybridized carbons (Fsp3) is 0.647. The zero-order chi connectivity index (χ0) is 15.6. The second kappa shape index (κ2) is 6.69. The lowest BCUT2D eigenvalue weighted by Gasteiger charge is -2.41. The summed E-state index contributed by atoms with van der Waals surface area (Å²) >= 11 is 0. The van der Waals surface area contributed by atoms with Crippen LogP contribution in [-0.4, -0.2) is 49.1 Å². The number of rotatable bonds is 6. The molecule has 0 radical (unpaired) electrons. The highest BCUT2D eigenvalue weighted by atomic mass is 32.2. The molecule has 1 aromatic carbocycles. The van der Waals surface area contributed by atoms with Crippen molar-refractivity contribution >= 4 is 10.0 Å². The first kappa shape index (κ1) is 16.0. The van der Waals surface area contributed by atoms with Crippen molar-refractivity contribution in [1.82, 2.24) is 9.21 Å². The summed E-state index contributed by atoms with van der Waals surface area (Å²) in [5.41, 5.74) is 1.12. The summed E-state index contributed by atoms with van der Waals surface area (Å²) in [5.74, 6) is 0.274. The van der Waals surface area contributed by atoms with Gasteiger partial charge in [0.25, 0.3) is 0 Å². The average molecular weight is 322 g/mol. The Morgan fingerprint density at radius 3 is 2.50 bits per heavy atom. The van der Waals surface area contributed by atoms with Gasteiger partial charge in [-0.15, -0.1) is 0 Å². The Hall–Kier alpha value is -0.910. The normalized spacial score (nSPS) is 24.5. The lowest BCUT2D eigenvalue weighted by Crippen LogP contribution is -2.51. The number of sulfonamides is 1. The fourth-order valence-electron chi connectivity index (χ4n) is 3.28. The maximum absolute atomic E-state index is 12.7. The minimum atomic E-state index is -3.16. The van der Waals surface area contributed by atoms with Crippen LogP contribution in [0.2, 0.25) is 0 Å². The number of benzene rings is 1. The van der Waals surface area contributed by atoms with Gasteiger partial charge in [0.05, 0.1) is 11.8 Å². The summed E-state index contributed by atoms with van der Waals surface area (Å²) in [7, 11) is -3.16. The van der Waals surface area contributed by atoms with Crippen molar-refractivity contribution in [2.45, 2.75) is 44.7 Å². The standard InChI is InChI=1S/C17H26N2O2S/c1-2-3-13-22(20,21)19-12-11-18(16-9-10-16)14-17(19)15-7-5-4-6-8-15/h4-8,16-17H,2-3,9-14H2,1H3. The minimum Gasteiger partial charge on any atom is -0.297 e. The molecule has 2 fully saturated rings. The van der Waals surface area contributed by atoms with Gasteiger partial charge in [0, 0.05) is 25.7 Å². The van der Waals surface area contributed by atoms with Crippen LogP contribution in [0, 0.1) is 0 Å². The largest absolute Gasteiger partial charge is 0.297 e. The number of nitrogens with zero attached hydrogens (tertiary/aromatic N) is 2. The second-order valence-electron chi connectivity index (χ2n) is 6.43. The Morgan fingerprint density at radius 2 is 1.86 bits per heavy atom. The van der Waals surface area contributed by atoms with Crippen molar-refractivity contribution < 1.29 is 8.42 Å². The third kappa shape index (κ3) is 3.53. The summed E-state index contributed by atoms with van der Waals surface area (Å²) in [6, 6.07) is 10.8. The van der Waals surface area contributed by atoms with Crippen LogP contribution in [0.4, 0.5) is 0 Å². The summed E-state index contributed by atoms with van der Waals surface area (Å²) < 4.78 is 27.2. The van der Waals surface area contributed by atoms with E-state index < -0.39 is 10.0 Å². The molecule has 1 saturated carbocycles. The Labute approximate surface area is 134 Å². The topological polar surface area (TPSA) is 40.6 Å². The third-order valence-corrected chi connectivity index (χ3v) is 6.68. The molecule has 22 heavy (non-hydrogen) atoms. The van der Waals surface area contributed by atoms with Crippen molar-refractivity contribution in [2.24, 2.45) is 0 Å². The first-order chi connectivity index (χ1) is 10.6. The summed E-state index contributed by atoms with van der Waals surface area (Å²) in [5, 5.41) is 0. The van der Waals surface area contributed by atoms with Crippen LogP contribution in [0.25, 0.3) is 0 Å². The molecule has 1 aliphatic heterocycles. The number of unbranched alkanes of at least 4 members (excludes halogenated alkanes) is 1. The molecule has 0 spiro atoms. The van der Waals surface area contributed by atoms with Gasteiger partial charge < -0.3 is 0 Å². The van der Waals surface area contributed by atoms with Gasteiger partial charge in [0.1, 0.15) is 0 Å². The molecule has 1 saturated heterocycles. The Bertz CT molecular complexity index is 584. The lowest BCUT2D eigenvalue weighted by molar-refractivity contribution is 0.128. The second-order valence-corrected chi connectivity index (χ2v) is 8.47. The molecule has 5 heteroatoms. The zero-order valence-electron chi connectivity index (χ0n) is 13.3. The van der Waals surface area contributed by atoms with Crippen molar-refractivity contribution in [2.75, 3.05) is 25.4 Å². The average Bonchev–Trinajstić information content (AvgIpc) is 3.38. The smallest absolute Gasteiger partial charge is 0.214 e. The van der Waals surface area contributed by atoms with Crippen molar-refractivity contribution in [3.63, 3.8) is 0 Å². The van der Waals surface area contributed by atoms with E-state index in [9.17, 15) is 8.42 Å². The molecule has 1 atom stereocenters. The lowest BCUT2D eigenvalue weighted by atomic mass is 10.0. The SMILES string of the molecule is CCCCS(=O)(=O)N1CCN(C2CC2)CC1c1ccccc1. The molecule has 1 aliphatic carbocycles. The maximum atomic E-state index is 12.7. The summed E-state index contributed by atoms with van der Waals surface area (Å²) in [6.45, 7) is 4.37. The van der Waals surface area contributed by atoms with Crippen LogP contribution < -0.4 is 0 Å². The molecule has 1 unspecified atom stereocenters. The van der Waals surface area contributed by atoms with Crippen LogP contribution in [0.1, 0.15) is 44.2 Å². The van der Waals surface area contributed by atoms with E-state index in [-0.39, 0.29) is 11.8 Å². The Kier molecular flexibility index (Phi) is 4.85. The monoisotopic (exact) mass is 322 g/mol. The quantitative estimate of drug-likeness (QED) is 0.808. The Balaban J connectivity index is 1.83. The van der Waals surface area contributed by atoms with E-state index in [1.165, 1.54) is 12.8 Å². The molecule has 1 heterocycles. The molecule has 1 aromatic rings. The first-order valence-corrected chi connectivity index (χ1v) is 10.0. The summed E-state index contributed by atoms with van der Waals surface area (Å²) in [6.07, 6.45) is 4.19. The van der Waals surface area contributed by atoms with Crippen molar-refractivity contribution in [3.8, 4) is 0 Å². The molecule has 3 rings (SSSR count). The third-order valence-electron chi connectivity index (χ3n) is 4.72. The van der Waals surface area contributed by atoms with Gasteiger partial charge in [-0.3, -0.25) is 4.90 Å². The highest BCUT2D eigenvalue weighted by Gasteiger charge is 2.40. The molecular weight excluding hydrogens is 296 g/mol. The van der Waals surface area contributed by atoms with Gasteiger partial charge in [0.2, 0.25) is 10.0 Å². The number of piperazine rings is 1. The van der Waals surface area contributed by atoms with Gasteiger partial charge in [0.15, 0.2) is 0 Å². The predicted octanol–water partition coefficient (Wildman–Crippen LogP) is 2.64. The van der Waals surface area contributed by atoms with Gasteiger partial charge in [-0.2, -0.15) is 4.31 Å². The maximum Gasteiger partial charge on any atom is 0.214 e. The van der Waals surface area contributed by atoms with Gasteiger partial charge in [-0.25, -0.2) is 8.42 Å². The molecule has 2 aliphatic rings. The van der Waals surface area contributed by atoms with E-state index in [1.54, 1.807) is 4.31 Å². The number of hydrogen-bond acceptors (Lipinski definition) is 3.